The lowest BCUT2D eigenvalue weighted by molar-refractivity contribution is -0.116. The molecule has 1 amide bonds. The van der Waals surface area contributed by atoms with E-state index in [1.165, 1.54) is 0 Å². The molecular weight excluding hydrogens is 370 g/mol. The molecule has 3 N–H and O–H groups in total. The van der Waals surface area contributed by atoms with E-state index >= 15 is 0 Å². The van der Waals surface area contributed by atoms with Gasteiger partial charge in [-0.1, -0.05) is 24.3 Å². The quantitative estimate of drug-likeness (QED) is 0.562. The molecule has 0 spiro atoms. The normalized spacial score (nSPS) is 18.7. The van der Waals surface area contributed by atoms with Crippen molar-refractivity contribution < 1.29 is 4.79 Å². The number of aromatic nitrogens is 2. The predicted octanol–water partition coefficient (Wildman–Crippen LogP) is 3.41. The Bertz CT molecular complexity index is 930. The number of aromatic amines is 1. The van der Waals surface area contributed by atoms with E-state index in [2.05, 4.69) is 25.5 Å². The summed E-state index contributed by atoms with van der Waals surface area (Å²) in [5.74, 6) is -0.0412. The highest BCUT2D eigenvalue weighted by molar-refractivity contribution is 7.80. The van der Waals surface area contributed by atoms with Crippen LogP contribution < -0.4 is 10.6 Å². The molecule has 0 aliphatic carbocycles. The Morgan fingerprint density at radius 1 is 1.11 bits per heavy atom. The molecule has 3 heterocycles. The van der Waals surface area contributed by atoms with Crippen LogP contribution in [0.25, 0.3) is 0 Å². The van der Waals surface area contributed by atoms with Gasteiger partial charge in [-0.3, -0.25) is 9.78 Å². The van der Waals surface area contributed by atoms with Crippen molar-refractivity contribution in [2.24, 2.45) is 0 Å². The van der Waals surface area contributed by atoms with E-state index in [1.807, 2.05) is 66.9 Å². The van der Waals surface area contributed by atoms with Crippen molar-refractivity contribution in [3.05, 3.63) is 84.4 Å². The molecule has 2 aromatic heterocycles. The van der Waals surface area contributed by atoms with Gasteiger partial charge in [-0.25, -0.2) is 0 Å². The number of anilines is 1. The zero-order valence-corrected chi connectivity index (χ0v) is 16.0. The molecule has 28 heavy (non-hydrogen) atoms. The Kier molecular flexibility index (Phi) is 5.34. The van der Waals surface area contributed by atoms with Gasteiger partial charge in [0.2, 0.25) is 5.91 Å². The van der Waals surface area contributed by atoms with Crippen molar-refractivity contribution in [1.82, 2.24) is 20.2 Å². The molecular formula is C21H21N5OS. The van der Waals surface area contributed by atoms with Crippen LogP contribution in [0.1, 0.15) is 29.9 Å². The molecule has 3 aromatic rings. The van der Waals surface area contributed by atoms with E-state index in [0.717, 1.165) is 17.1 Å². The van der Waals surface area contributed by atoms with E-state index in [0.29, 0.717) is 18.1 Å². The Labute approximate surface area is 169 Å². The van der Waals surface area contributed by atoms with Gasteiger partial charge in [0.25, 0.3) is 0 Å². The second-order valence-electron chi connectivity index (χ2n) is 6.61. The first-order valence-corrected chi connectivity index (χ1v) is 9.59. The molecule has 1 aromatic carbocycles. The third-order valence-corrected chi connectivity index (χ3v) is 5.13. The van der Waals surface area contributed by atoms with Crippen LogP contribution in [0.5, 0.6) is 0 Å². The highest BCUT2D eigenvalue weighted by Crippen LogP contribution is 2.37. The molecule has 1 fully saturated rings. The molecule has 0 radical (unpaired) electrons. The van der Waals surface area contributed by atoms with Crippen LogP contribution in [-0.2, 0) is 4.79 Å². The fraction of sp³-hybridized carbons (Fsp3) is 0.190. The second kappa shape index (κ2) is 8.22. The number of nitrogens with one attached hydrogen (secondary N) is 3. The first-order chi connectivity index (χ1) is 13.7. The molecule has 142 valence electrons. The predicted molar refractivity (Wildman–Crippen MR) is 113 cm³/mol. The third kappa shape index (κ3) is 3.89. The number of hydrogen-bond acceptors (Lipinski definition) is 3. The van der Waals surface area contributed by atoms with Gasteiger partial charge < -0.3 is 20.5 Å². The standard InChI is InChI=1S/C21H21N5OS/c27-18(24-15-7-2-1-3-8-15)11-14-26-20(17-10-6-13-23-17)19(25-21(26)28)16-9-4-5-12-22-16/h1-10,12-13,19-20,23H,11,14H2,(H,24,27)(H,25,28)/t19-,20+/m1/s1. The van der Waals surface area contributed by atoms with Crippen molar-refractivity contribution in [1.29, 1.82) is 0 Å². The van der Waals surface area contributed by atoms with Crippen LogP contribution in [-0.4, -0.2) is 32.4 Å². The molecule has 7 heteroatoms. The summed E-state index contributed by atoms with van der Waals surface area (Å²) in [6, 6.07) is 19.2. The number of thiocarbonyl (C=S) groups is 1. The minimum Gasteiger partial charge on any atom is -0.363 e. The van der Waals surface area contributed by atoms with Gasteiger partial charge in [0.05, 0.1) is 17.8 Å². The SMILES string of the molecule is O=C(CCN1C(=S)N[C@H](c2ccccn2)[C@@H]1c1ccc[nH]1)Nc1ccccc1. The van der Waals surface area contributed by atoms with Crippen LogP contribution in [0.2, 0.25) is 0 Å². The average Bonchev–Trinajstić information content (AvgIpc) is 3.35. The summed E-state index contributed by atoms with van der Waals surface area (Å²) >= 11 is 5.59. The van der Waals surface area contributed by atoms with Crippen LogP contribution in [0.3, 0.4) is 0 Å². The summed E-state index contributed by atoms with van der Waals surface area (Å²) in [7, 11) is 0. The molecule has 1 aliphatic rings. The molecule has 0 unspecified atom stereocenters. The molecule has 4 rings (SSSR count). The zero-order chi connectivity index (χ0) is 19.3. The Morgan fingerprint density at radius 2 is 1.93 bits per heavy atom. The minimum atomic E-state index is -0.0791. The molecule has 2 atom stereocenters. The van der Waals surface area contributed by atoms with Gasteiger partial charge in [-0.2, -0.15) is 0 Å². The maximum Gasteiger partial charge on any atom is 0.226 e. The monoisotopic (exact) mass is 391 g/mol. The van der Waals surface area contributed by atoms with Gasteiger partial charge in [-0.15, -0.1) is 0 Å². The summed E-state index contributed by atoms with van der Waals surface area (Å²) in [5, 5.41) is 6.93. The fourth-order valence-corrected chi connectivity index (χ4v) is 3.81. The summed E-state index contributed by atoms with van der Waals surface area (Å²) in [4.78, 5) is 22.2. The van der Waals surface area contributed by atoms with Crippen molar-refractivity contribution >= 4 is 28.9 Å². The maximum atomic E-state index is 12.4. The fourth-order valence-electron chi connectivity index (χ4n) is 3.48. The van der Waals surface area contributed by atoms with Crippen LogP contribution >= 0.6 is 12.2 Å². The lowest BCUT2D eigenvalue weighted by Crippen LogP contribution is -2.32. The highest BCUT2D eigenvalue weighted by atomic mass is 32.1. The summed E-state index contributed by atoms with van der Waals surface area (Å²) in [5.41, 5.74) is 2.74. The minimum absolute atomic E-state index is 0.0412. The largest absolute Gasteiger partial charge is 0.363 e. The summed E-state index contributed by atoms with van der Waals surface area (Å²) in [6.07, 6.45) is 4.01. The van der Waals surface area contributed by atoms with Crippen LogP contribution in [0, 0.1) is 0 Å². The van der Waals surface area contributed by atoms with Crippen LogP contribution in [0.15, 0.2) is 73.1 Å². The lowest BCUT2D eigenvalue weighted by atomic mass is 10.0. The Morgan fingerprint density at radius 3 is 2.64 bits per heavy atom. The first kappa shape index (κ1) is 18.2. The number of H-pyrrole nitrogens is 1. The number of nitrogens with zero attached hydrogens (tertiary/aromatic N) is 2. The van der Waals surface area contributed by atoms with Crippen molar-refractivity contribution in [2.75, 3.05) is 11.9 Å². The van der Waals surface area contributed by atoms with Gasteiger partial charge >= 0.3 is 0 Å². The van der Waals surface area contributed by atoms with Gasteiger partial charge in [-0.05, 0) is 48.6 Å². The zero-order valence-electron chi connectivity index (χ0n) is 15.2. The number of rotatable bonds is 6. The smallest absolute Gasteiger partial charge is 0.226 e. The first-order valence-electron chi connectivity index (χ1n) is 9.18. The number of amides is 1. The van der Waals surface area contributed by atoms with Crippen molar-refractivity contribution in [3.8, 4) is 0 Å². The van der Waals surface area contributed by atoms with E-state index in [9.17, 15) is 4.79 Å². The van der Waals surface area contributed by atoms with E-state index in [1.54, 1.807) is 6.20 Å². The number of pyridine rings is 1. The molecule has 1 aliphatic heterocycles. The van der Waals surface area contributed by atoms with E-state index in [4.69, 9.17) is 12.2 Å². The Balaban J connectivity index is 1.50. The summed E-state index contributed by atoms with van der Waals surface area (Å²) < 4.78 is 0. The maximum absolute atomic E-state index is 12.4. The van der Waals surface area contributed by atoms with E-state index < -0.39 is 0 Å². The number of carbonyl (C=O) groups excluding carboxylic acids is 1. The summed E-state index contributed by atoms with van der Waals surface area (Å²) in [6.45, 7) is 0.511. The van der Waals surface area contributed by atoms with Crippen molar-refractivity contribution in [2.45, 2.75) is 18.5 Å². The third-order valence-electron chi connectivity index (χ3n) is 4.78. The van der Waals surface area contributed by atoms with Crippen molar-refractivity contribution in [3.63, 3.8) is 0 Å². The average molecular weight is 392 g/mol. The second-order valence-corrected chi connectivity index (χ2v) is 7.00. The molecule has 1 saturated heterocycles. The topological polar surface area (TPSA) is 73.0 Å². The van der Waals surface area contributed by atoms with Gasteiger partial charge in [0.1, 0.15) is 0 Å². The number of benzene rings is 1. The Hall–Kier alpha value is -3.19. The van der Waals surface area contributed by atoms with E-state index in [-0.39, 0.29) is 18.0 Å². The molecule has 0 saturated carbocycles. The number of hydrogen-bond donors (Lipinski definition) is 3. The van der Waals surface area contributed by atoms with Gasteiger partial charge in [0.15, 0.2) is 5.11 Å². The highest BCUT2D eigenvalue weighted by Gasteiger charge is 2.40. The molecule has 0 bridgehead atoms. The lowest BCUT2D eigenvalue weighted by Gasteiger charge is -2.26. The molecule has 6 nitrogen and oxygen atoms in total. The van der Waals surface area contributed by atoms with Crippen LogP contribution in [0.4, 0.5) is 5.69 Å². The number of para-hydroxylation sites is 1. The number of carbonyl (C=O) groups is 1. The van der Waals surface area contributed by atoms with Gasteiger partial charge in [0, 0.05) is 36.7 Å².